The lowest BCUT2D eigenvalue weighted by molar-refractivity contribution is -0.127. The van der Waals surface area contributed by atoms with Crippen LogP contribution in [0.3, 0.4) is 0 Å². The maximum absolute atomic E-state index is 12.2. The van der Waals surface area contributed by atoms with Crippen LogP contribution in [0.25, 0.3) is 0 Å². The Morgan fingerprint density at radius 2 is 1.72 bits per heavy atom. The van der Waals surface area contributed by atoms with Crippen molar-refractivity contribution in [3.63, 3.8) is 0 Å². The van der Waals surface area contributed by atoms with Gasteiger partial charge in [0.2, 0.25) is 0 Å². The lowest BCUT2D eigenvalue weighted by Crippen LogP contribution is -2.33. The van der Waals surface area contributed by atoms with E-state index in [9.17, 15) is 4.79 Å². The average molecular weight is 409 g/mol. The van der Waals surface area contributed by atoms with Gasteiger partial charge in [-0.15, -0.1) is 0 Å². The zero-order chi connectivity index (χ0) is 20.5. The highest BCUT2D eigenvalue weighted by molar-refractivity contribution is 6.30. The maximum atomic E-state index is 12.2. The van der Waals surface area contributed by atoms with Crippen molar-refractivity contribution >= 4 is 23.7 Å². The smallest absolute Gasteiger partial charge is 0.280 e. The third kappa shape index (κ3) is 6.36. The summed E-state index contributed by atoms with van der Waals surface area (Å²) in [6.45, 7) is 2.10. The van der Waals surface area contributed by atoms with E-state index in [0.717, 1.165) is 11.1 Å². The van der Waals surface area contributed by atoms with E-state index in [2.05, 4.69) is 10.5 Å². The van der Waals surface area contributed by atoms with Crippen molar-refractivity contribution in [2.75, 3.05) is 0 Å². The minimum absolute atomic E-state index is 0.362. The van der Waals surface area contributed by atoms with Crippen LogP contribution < -0.4 is 14.9 Å². The highest BCUT2D eigenvalue weighted by Crippen LogP contribution is 2.18. The minimum atomic E-state index is -0.710. The molecule has 1 unspecified atom stereocenters. The number of rotatable bonds is 8. The first-order valence-electron chi connectivity index (χ1n) is 9.13. The van der Waals surface area contributed by atoms with Gasteiger partial charge in [0.25, 0.3) is 5.91 Å². The summed E-state index contributed by atoms with van der Waals surface area (Å²) in [7, 11) is 0. The van der Waals surface area contributed by atoms with Gasteiger partial charge in [-0.25, -0.2) is 5.43 Å². The van der Waals surface area contributed by atoms with Crippen LogP contribution in [0.15, 0.2) is 84.0 Å². The summed E-state index contributed by atoms with van der Waals surface area (Å²) in [6.07, 6.45) is 0.839. The molecular formula is C23H21ClN2O3. The molecule has 0 heterocycles. The van der Waals surface area contributed by atoms with E-state index in [1.165, 1.54) is 0 Å². The second kappa shape index (κ2) is 10.3. The molecule has 5 nitrogen and oxygen atoms in total. The third-order valence-electron chi connectivity index (χ3n) is 4.03. The second-order valence-electron chi connectivity index (χ2n) is 6.26. The molecule has 0 saturated heterocycles. The van der Waals surface area contributed by atoms with Gasteiger partial charge in [-0.05, 0) is 48.9 Å². The molecule has 1 atom stereocenters. The molecule has 0 aliphatic carbocycles. The zero-order valence-electron chi connectivity index (χ0n) is 15.9. The zero-order valence-corrected chi connectivity index (χ0v) is 16.7. The van der Waals surface area contributed by atoms with Crippen molar-refractivity contribution in [1.29, 1.82) is 0 Å². The van der Waals surface area contributed by atoms with E-state index in [1.807, 2.05) is 54.6 Å². The number of hydrazone groups is 1. The van der Waals surface area contributed by atoms with Gasteiger partial charge in [-0.3, -0.25) is 4.79 Å². The van der Waals surface area contributed by atoms with Crippen LogP contribution >= 0.6 is 11.6 Å². The Morgan fingerprint density at radius 3 is 2.48 bits per heavy atom. The van der Waals surface area contributed by atoms with Gasteiger partial charge in [0, 0.05) is 10.6 Å². The summed E-state index contributed by atoms with van der Waals surface area (Å²) in [4.78, 5) is 12.2. The number of nitrogens with zero attached hydrogens (tertiary/aromatic N) is 1. The number of para-hydroxylation sites is 1. The van der Waals surface area contributed by atoms with E-state index >= 15 is 0 Å². The van der Waals surface area contributed by atoms with E-state index in [1.54, 1.807) is 37.4 Å². The number of hydrogen-bond donors (Lipinski definition) is 1. The summed E-state index contributed by atoms with van der Waals surface area (Å²) in [5.74, 6) is 0.874. The molecule has 3 aromatic rings. The minimum Gasteiger partial charge on any atom is -0.488 e. The van der Waals surface area contributed by atoms with Gasteiger partial charge in [0.05, 0.1) is 6.21 Å². The molecule has 0 aromatic heterocycles. The predicted octanol–water partition coefficient (Wildman–Crippen LogP) is 4.84. The van der Waals surface area contributed by atoms with Crippen LogP contribution in [0.5, 0.6) is 11.5 Å². The first-order chi connectivity index (χ1) is 14.1. The van der Waals surface area contributed by atoms with Crippen molar-refractivity contribution in [1.82, 2.24) is 5.43 Å². The Balaban J connectivity index is 1.55. The molecule has 0 aliphatic rings. The number of carbonyl (C=O) groups is 1. The molecule has 0 fully saturated rings. The number of nitrogens with one attached hydrogen (secondary N) is 1. The van der Waals surface area contributed by atoms with Gasteiger partial charge >= 0.3 is 0 Å². The molecule has 0 aliphatic heterocycles. The van der Waals surface area contributed by atoms with Crippen LogP contribution in [0.1, 0.15) is 18.1 Å². The second-order valence-corrected chi connectivity index (χ2v) is 6.70. The van der Waals surface area contributed by atoms with Crippen molar-refractivity contribution < 1.29 is 14.3 Å². The number of carbonyl (C=O) groups excluding carboxylic acids is 1. The molecule has 0 saturated carbocycles. The molecular weight excluding hydrogens is 388 g/mol. The summed E-state index contributed by atoms with van der Waals surface area (Å²) >= 11 is 5.84. The Labute approximate surface area is 174 Å². The average Bonchev–Trinajstić information content (AvgIpc) is 2.75. The van der Waals surface area contributed by atoms with Gasteiger partial charge in [-0.1, -0.05) is 54.1 Å². The van der Waals surface area contributed by atoms with E-state index in [4.69, 9.17) is 21.1 Å². The summed E-state index contributed by atoms with van der Waals surface area (Å²) in [5.41, 5.74) is 4.32. The Hall–Kier alpha value is -3.31. The van der Waals surface area contributed by atoms with Crippen LogP contribution in [0.2, 0.25) is 5.02 Å². The third-order valence-corrected chi connectivity index (χ3v) is 4.28. The topological polar surface area (TPSA) is 59.9 Å². The van der Waals surface area contributed by atoms with Crippen LogP contribution in [-0.2, 0) is 11.4 Å². The van der Waals surface area contributed by atoms with Crippen LogP contribution in [-0.4, -0.2) is 18.2 Å². The molecule has 3 rings (SSSR count). The molecule has 148 valence electrons. The molecule has 1 amide bonds. The van der Waals surface area contributed by atoms with E-state index < -0.39 is 6.10 Å². The quantitative estimate of drug-likeness (QED) is 0.428. The Bertz CT molecular complexity index is 959. The first-order valence-corrected chi connectivity index (χ1v) is 9.50. The fourth-order valence-electron chi connectivity index (χ4n) is 2.48. The fourth-order valence-corrected chi connectivity index (χ4v) is 2.61. The van der Waals surface area contributed by atoms with Crippen molar-refractivity contribution in [3.05, 3.63) is 95.0 Å². The van der Waals surface area contributed by atoms with Gasteiger partial charge in [0.15, 0.2) is 6.10 Å². The lowest BCUT2D eigenvalue weighted by atomic mass is 10.2. The number of ether oxygens (including phenoxy) is 2. The summed E-state index contributed by atoms with van der Waals surface area (Å²) in [6, 6.07) is 24.2. The summed E-state index contributed by atoms with van der Waals surface area (Å²) < 4.78 is 11.5. The van der Waals surface area contributed by atoms with Gasteiger partial charge in [-0.2, -0.15) is 5.10 Å². The summed E-state index contributed by atoms with van der Waals surface area (Å²) in [5, 5.41) is 4.63. The lowest BCUT2D eigenvalue weighted by Gasteiger charge is -2.13. The Kier molecular flexibility index (Phi) is 7.25. The SMILES string of the molecule is CC(Oc1ccc(Cl)cc1)C(=O)N/N=C/c1ccccc1OCc1ccccc1. The molecule has 1 N–H and O–H groups in total. The van der Waals surface area contributed by atoms with E-state index in [-0.39, 0.29) is 5.91 Å². The fraction of sp³-hybridized carbons (Fsp3) is 0.130. The number of benzene rings is 3. The van der Waals surface area contributed by atoms with Crippen molar-refractivity contribution in [3.8, 4) is 11.5 Å². The number of hydrogen-bond acceptors (Lipinski definition) is 4. The van der Waals surface area contributed by atoms with Crippen LogP contribution in [0, 0.1) is 0 Å². The highest BCUT2D eigenvalue weighted by atomic mass is 35.5. The Morgan fingerprint density at radius 1 is 1.03 bits per heavy atom. The molecule has 3 aromatic carbocycles. The maximum Gasteiger partial charge on any atom is 0.280 e. The molecule has 6 heteroatoms. The van der Waals surface area contributed by atoms with Gasteiger partial charge < -0.3 is 9.47 Å². The van der Waals surface area contributed by atoms with Gasteiger partial charge in [0.1, 0.15) is 18.1 Å². The highest BCUT2D eigenvalue weighted by Gasteiger charge is 2.13. The molecule has 0 radical (unpaired) electrons. The van der Waals surface area contributed by atoms with E-state index in [0.29, 0.717) is 23.1 Å². The molecule has 0 bridgehead atoms. The van der Waals surface area contributed by atoms with Crippen molar-refractivity contribution in [2.45, 2.75) is 19.6 Å². The number of halogens is 1. The normalized spacial score (nSPS) is 11.8. The first kappa shape index (κ1) is 20.4. The predicted molar refractivity (Wildman–Crippen MR) is 114 cm³/mol. The standard InChI is InChI=1S/C23H21ClN2O3/c1-17(29-21-13-11-20(24)12-14-21)23(27)26-25-15-19-9-5-6-10-22(19)28-16-18-7-3-2-4-8-18/h2-15,17H,16H2,1H3,(H,26,27)/b25-15+. The van der Waals surface area contributed by atoms with Crippen molar-refractivity contribution in [2.24, 2.45) is 5.10 Å². The number of amides is 1. The van der Waals surface area contributed by atoms with Crippen LogP contribution in [0.4, 0.5) is 0 Å². The monoisotopic (exact) mass is 408 g/mol. The molecule has 29 heavy (non-hydrogen) atoms. The largest absolute Gasteiger partial charge is 0.488 e. The molecule has 0 spiro atoms.